The molecule has 324 valence electrons. The number of amides is 1. The average molecular weight is 843 g/mol. The van der Waals surface area contributed by atoms with Gasteiger partial charge >= 0.3 is 6.09 Å². The Labute approximate surface area is 359 Å². The molecule has 2 N–H and O–H groups in total. The van der Waals surface area contributed by atoms with Crippen molar-refractivity contribution in [1.82, 2.24) is 4.90 Å². The van der Waals surface area contributed by atoms with Crippen LogP contribution in [0.4, 0.5) is 4.79 Å². The van der Waals surface area contributed by atoms with Gasteiger partial charge in [0.25, 0.3) is 0 Å². The summed E-state index contributed by atoms with van der Waals surface area (Å²) in [5.74, 6) is 0.510. The van der Waals surface area contributed by atoms with Gasteiger partial charge in [0.05, 0.1) is 38.1 Å². The molecule has 1 heterocycles. The van der Waals surface area contributed by atoms with Crippen molar-refractivity contribution < 1.29 is 43.5 Å². The van der Waals surface area contributed by atoms with E-state index in [0.717, 1.165) is 59.6 Å². The molecule has 1 aliphatic heterocycles. The summed E-state index contributed by atoms with van der Waals surface area (Å²) in [6.45, 7) is 7.93. The Balaban J connectivity index is 1.37. The van der Waals surface area contributed by atoms with Crippen LogP contribution in [0.25, 0.3) is 0 Å². The molecule has 0 saturated heterocycles. The molecular formula is C48H62N2O9S. The maximum absolute atomic E-state index is 14.0. The van der Waals surface area contributed by atoms with Crippen LogP contribution in [0.5, 0.6) is 11.5 Å². The van der Waals surface area contributed by atoms with Crippen LogP contribution in [-0.2, 0) is 25.7 Å². The summed E-state index contributed by atoms with van der Waals surface area (Å²) in [6, 6.07) is 25.5. The van der Waals surface area contributed by atoms with Gasteiger partial charge in [0.2, 0.25) is 5.79 Å². The lowest BCUT2D eigenvalue weighted by Crippen LogP contribution is -2.69. The maximum atomic E-state index is 14.0. The molecule has 0 radical (unpaired) electrons. The number of carbonyl (C=O) groups is 1. The third kappa shape index (κ3) is 11.1. The van der Waals surface area contributed by atoms with Crippen molar-refractivity contribution in [2.75, 3.05) is 59.0 Å². The van der Waals surface area contributed by atoms with Crippen LogP contribution in [-0.4, -0.2) is 97.8 Å². The molecule has 3 aromatic rings. The molecule has 1 saturated carbocycles. The third-order valence-electron chi connectivity index (χ3n) is 11.6. The Hall–Kier alpha value is -4.33. The summed E-state index contributed by atoms with van der Waals surface area (Å²) < 4.78 is 32.3. The zero-order valence-electron chi connectivity index (χ0n) is 35.1. The summed E-state index contributed by atoms with van der Waals surface area (Å²) >= 11 is 1.75. The number of nitrogens with zero attached hydrogens (tertiary/aromatic N) is 2. The number of carbonyl (C=O) groups excluding carboxylic acids is 1. The molecule has 0 bridgehead atoms. The van der Waals surface area contributed by atoms with Crippen molar-refractivity contribution in [3.05, 3.63) is 114 Å². The molecule has 1 amide bonds. The second kappa shape index (κ2) is 23.0. The van der Waals surface area contributed by atoms with Crippen LogP contribution in [0.2, 0.25) is 0 Å². The Morgan fingerprint density at radius 1 is 0.983 bits per heavy atom. The lowest BCUT2D eigenvalue weighted by molar-refractivity contribution is -0.253. The summed E-state index contributed by atoms with van der Waals surface area (Å²) in [5, 5.41) is 24.5. The highest BCUT2D eigenvalue weighted by molar-refractivity contribution is 7.99. The predicted molar refractivity (Wildman–Crippen MR) is 234 cm³/mol. The maximum Gasteiger partial charge on any atom is 0.410 e. The number of likely N-dealkylation sites (N-methyl/N-ethyl adjacent to an activating group) is 1. The SMILES string of the molecule is C=CCOC12Oc3ccc(OCCSc4ccccc4)cc3C3C(CCCCO)C(CCCCO)C=C(C(=NOCC)CC1N(C)C(=O)OCCOCc1ccccc1)C32. The molecule has 60 heavy (non-hydrogen) atoms. The minimum Gasteiger partial charge on any atom is -0.493 e. The minimum absolute atomic E-state index is 0.0686. The van der Waals surface area contributed by atoms with E-state index in [4.69, 9.17) is 33.7 Å². The number of benzene rings is 3. The molecule has 12 heteroatoms. The van der Waals surface area contributed by atoms with Crippen molar-refractivity contribution >= 4 is 23.6 Å². The number of aliphatic hydroxyl groups excluding tert-OH is 2. The largest absolute Gasteiger partial charge is 0.493 e. The monoisotopic (exact) mass is 842 g/mol. The van der Waals surface area contributed by atoms with Gasteiger partial charge in [-0.3, -0.25) is 0 Å². The number of allylic oxidation sites excluding steroid dienone is 1. The molecule has 3 aliphatic rings. The lowest BCUT2D eigenvalue weighted by Gasteiger charge is -2.59. The van der Waals surface area contributed by atoms with E-state index < -0.39 is 23.8 Å². The number of ether oxygens (including phenoxy) is 5. The average Bonchev–Trinajstić information content (AvgIpc) is 3.28. The van der Waals surface area contributed by atoms with Gasteiger partial charge in [-0.05, 0) is 85.9 Å². The number of hydrogen-bond donors (Lipinski definition) is 2. The molecule has 6 atom stereocenters. The van der Waals surface area contributed by atoms with Gasteiger partial charge in [-0.25, -0.2) is 4.79 Å². The van der Waals surface area contributed by atoms with Crippen LogP contribution >= 0.6 is 11.8 Å². The standard InChI is InChI=1S/C48H62N2O9S/c1-4-26-57-48-44(50(3)47(53)56-28-27-54-34-35-16-8-6-9-17-35)33-42(49-58-5-2)40-31-36(18-12-14-24-51)39(21-13-15-25-52)45(46(40)48)41-32-37(22-23-43(41)59-48)55-29-30-60-38-19-10-7-11-20-38/h4,6-11,16-17,19-20,22-23,31-32,36,39,44-46,51-52H,1,5,12-15,18,21,24-30,33-34H2,2-3H3. The van der Waals surface area contributed by atoms with Gasteiger partial charge in [0, 0.05) is 48.8 Å². The summed E-state index contributed by atoms with van der Waals surface area (Å²) in [7, 11) is 1.72. The highest BCUT2D eigenvalue weighted by Crippen LogP contribution is 2.61. The van der Waals surface area contributed by atoms with E-state index in [1.54, 1.807) is 29.8 Å². The van der Waals surface area contributed by atoms with Crippen molar-refractivity contribution in [2.24, 2.45) is 22.9 Å². The molecule has 6 unspecified atom stereocenters. The number of oxime groups is 1. The van der Waals surface area contributed by atoms with Gasteiger partial charge < -0.3 is 43.6 Å². The van der Waals surface area contributed by atoms with Crippen molar-refractivity contribution in [3.63, 3.8) is 0 Å². The molecule has 11 nitrogen and oxygen atoms in total. The van der Waals surface area contributed by atoms with E-state index in [9.17, 15) is 15.0 Å². The third-order valence-corrected chi connectivity index (χ3v) is 12.6. The number of thioether (sulfide) groups is 1. The molecule has 6 rings (SSSR count). The predicted octanol–water partition coefficient (Wildman–Crippen LogP) is 8.80. The second-order valence-corrected chi connectivity index (χ2v) is 16.6. The summed E-state index contributed by atoms with van der Waals surface area (Å²) in [6.07, 6.45) is 8.57. The van der Waals surface area contributed by atoms with Gasteiger partial charge in [-0.1, -0.05) is 78.7 Å². The number of unbranched alkanes of at least 4 members (excludes halogenated alkanes) is 2. The Morgan fingerprint density at radius 2 is 1.73 bits per heavy atom. The van der Waals surface area contributed by atoms with Crippen molar-refractivity contribution in [1.29, 1.82) is 0 Å². The van der Waals surface area contributed by atoms with Crippen molar-refractivity contribution in [2.45, 2.75) is 81.1 Å². The molecule has 0 spiro atoms. The van der Waals surface area contributed by atoms with Crippen LogP contribution in [0, 0.1) is 17.8 Å². The first-order valence-electron chi connectivity index (χ1n) is 21.5. The van der Waals surface area contributed by atoms with E-state index in [1.807, 2.05) is 67.6 Å². The highest BCUT2D eigenvalue weighted by atomic mass is 32.2. The van der Waals surface area contributed by atoms with E-state index in [2.05, 4.69) is 30.9 Å². The topological polar surface area (TPSA) is 129 Å². The normalized spacial score (nSPS) is 23.4. The zero-order chi connectivity index (χ0) is 42.2. The minimum atomic E-state index is -1.36. The second-order valence-electron chi connectivity index (χ2n) is 15.5. The first-order valence-corrected chi connectivity index (χ1v) is 22.4. The number of hydrogen-bond acceptors (Lipinski definition) is 11. The van der Waals surface area contributed by atoms with Crippen LogP contribution in [0.3, 0.4) is 0 Å². The van der Waals surface area contributed by atoms with E-state index in [1.165, 1.54) is 4.90 Å². The molecule has 1 fully saturated rings. The van der Waals surface area contributed by atoms with Crippen LogP contribution < -0.4 is 9.47 Å². The smallest absolute Gasteiger partial charge is 0.410 e. The fourth-order valence-electron chi connectivity index (χ4n) is 8.98. The lowest BCUT2D eigenvalue weighted by atomic mass is 9.55. The van der Waals surface area contributed by atoms with Gasteiger partial charge in [-0.2, -0.15) is 0 Å². The van der Waals surface area contributed by atoms with Crippen LogP contribution in [0.15, 0.2) is 113 Å². The fraction of sp³-hybridized carbons (Fsp3) is 0.500. The van der Waals surface area contributed by atoms with E-state index in [-0.39, 0.29) is 57.2 Å². The van der Waals surface area contributed by atoms with E-state index in [0.29, 0.717) is 38.4 Å². The highest BCUT2D eigenvalue weighted by Gasteiger charge is 2.65. The Kier molecular flexibility index (Phi) is 17.4. The zero-order valence-corrected chi connectivity index (χ0v) is 35.9. The first-order chi connectivity index (χ1) is 29.4. The first kappa shape index (κ1) is 45.2. The molecular weight excluding hydrogens is 781 g/mol. The summed E-state index contributed by atoms with van der Waals surface area (Å²) in [5.41, 5.74) is 3.76. The van der Waals surface area contributed by atoms with Crippen LogP contribution in [0.1, 0.15) is 68.9 Å². The van der Waals surface area contributed by atoms with Gasteiger partial charge in [0.1, 0.15) is 30.8 Å². The van der Waals surface area contributed by atoms with Gasteiger partial charge in [0.15, 0.2) is 0 Å². The quantitative estimate of drug-likeness (QED) is 0.0391. The number of fused-ring (bicyclic) bond motifs is 2. The number of aliphatic hydroxyl groups is 2. The van der Waals surface area contributed by atoms with Crippen molar-refractivity contribution in [3.8, 4) is 11.5 Å². The Bertz CT molecular complexity index is 1860. The fourth-order valence-corrected chi connectivity index (χ4v) is 9.73. The number of rotatable bonds is 24. The van der Waals surface area contributed by atoms with E-state index >= 15 is 0 Å². The Morgan fingerprint density at radius 3 is 2.47 bits per heavy atom. The molecule has 0 aromatic heterocycles. The summed E-state index contributed by atoms with van der Waals surface area (Å²) in [4.78, 5) is 22.6. The molecule has 2 aliphatic carbocycles. The van der Waals surface area contributed by atoms with Gasteiger partial charge in [-0.15, -0.1) is 18.3 Å². The molecule has 3 aromatic carbocycles.